The van der Waals surface area contributed by atoms with Crippen molar-refractivity contribution in [3.8, 4) is 0 Å². The Labute approximate surface area is 104 Å². The minimum Gasteiger partial charge on any atom is -0.456 e. The Balaban J connectivity index is 2.58. The molecule has 92 valence electrons. The van der Waals surface area contributed by atoms with Gasteiger partial charge in [0.05, 0.1) is 12.1 Å². The molecule has 4 heteroatoms. The molecule has 0 bridgehead atoms. The summed E-state index contributed by atoms with van der Waals surface area (Å²) in [4.78, 5) is 11.9. The van der Waals surface area contributed by atoms with Crippen LogP contribution in [0, 0.1) is 0 Å². The van der Waals surface area contributed by atoms with Gasteiger partial charge in [-0.3, -0.25) is 4.79 Å². The third-order valence-electron chi connectivity index (χ3n) is 1.99. The van der Waals surface area contributed by atoms with Crippen molar-refractivity contribution in [1.82, 2.24) is 0 Å². The van der Waals surface area contributed by atoms with Crippen molar-refractivity contribution < 1.29 is 9.32 Å². The van der Waals surface area contributed by atoms with Crippen LogP contribution in [0.4, 0.5) is 0 Å². The Hall–Kier alpha value is -1.42. The highest BCUT2D eigenvalue weighted by atomic mass is 28.4. The van der Waals surface area contributed by atoms with Crippen LogP contribution in [-0.2, 0) is 4.53 Å². The second kappa shape index (κ2) is 5.77. The second-order valence-corrected chi connectivity index (χ2v) is 9.40. The van der Waals surface area contributed by atoms with E-state index in [1.165, 1.54) is 0 Å². The minimum absolute atomic E-state index is 0.0750. The number of Topliss-reactive ketones (excluding diaryl/α,β-unsaturated/α-hetero) is 1. The lowest BCUT2D eigenvalue weighted by Crippen LogP contribution is -2.23. The molecule has 17 heavy (non-hydrogen) atoms. The highest BCUT2D eigenvalue weighted by Crippen LogP contribution is 2.07. The van der Waals surface area contributed by atoms with Gasteiger partial charge in [-0.1, -0.05) is 30.3 Å². The molecule has 0 aliphatic rings. The topological polar surface area (TPSA) is 38.7 Å². The average Bonchev–Trinajstić information content (AvgIpc) is 2.27. The van der Waals surface area contributed by atoms with E-state index >= 15 is 0 Å². The van der Waals surface area contributed by atoms with Crippen LogP contribution < -0.4 is 0 Å². The van der Waals surface area contributed by atoms with Crippen molar-refractivity contribution >= 4 is 19.8 Å². The number of ketones is 1. The van der Waals surface area contributed by atoms with E-state index in [9.17, 15) is 4.79 Å². The Morgan fingerprint density at radius 2 is 1.82 bits per heavy atom. The quantitative estimate of drug-likeness (QED) is 0.347. The van der Waals surface area contributed by atoms with Crippen LogP contribution in [0.25, 0.3) is 0 Å². The van der Waals surface area contributed by atoms with Gasteiger partial charge >= 0.3 is 0 Å². The fourth-order valence-electron chi connectivity index (χ4n) is 1.21. The fraction of sp³-hybridized carbons (Fsp3) is 0.385. The van der Waals surface area contributed by atoms with Gasteiger partial charge in [0.15, 0.2) is 5.78 Å². The van der Waals surface area contributed by atoms with Crippen molar-refractivity contribution in [1.29, 1.82) is 0 Å². The summed E-state index contributed by atoms with van der Waals surface area (Å²) in [6.07, 6.45) is 0.314. The highest BCUT2D eigenvalue weighted by Gasteiger charge is 2.16. The van der Waals surface area contributed by atoms with E-state index in [1.54, 1.807) is 0 Å². The van der Waals surface area contributed by atoms with Gasteiger partial charge in [-0.05, 0) is 26.6 Å². The third-order valence-corrected chi connectivity index (χ3v) is 2.63. The van der Waals surface area contributed by atoms with Crippen LogP contribution in [0.2, 0.25) is 19.6 Å². The van der Waals surface area contributed by atoms with Crippen LogP contribution in [0.3, 0.4) is 0 Å². The second-order valence-electron chi connectivity index (χ2n) is 5.00. The molecule has 0 aromatic heterocycles. The number of nitrogens with zero attached hydrogens (tertiary/aromatic N) is 1. The van der Waals surface area contributed by atoms with Gasteiger partial charge in [-0.15, -0.1) is 5.16 Å². The number of carbonyl (C=O) groups is 1. The SMILES string of the molecule is C/C(CC(=O)c1ccccc1)=N\O[Si](C)(C)C. The number of hydrogen-bond acceptors (Lipinski definition) is 3. The first-order valence-corrected chi connectivity index (χ1v) is 9.09. The number of carbonyl (C=O) groups excluding carboxylic acids is 1. The lowest BCUT2D eigenvalue weighted by Gasteiger charge is -2.13. The summed E-state index contributed by atoms with van der Waals surface area (Å²) in [5.74, 6) is 0.0750. The number of oxime groups is 1. The van der Waals surface area contributed by atoms with Gasteiger partial charge in [0.25, 0.3) is 8.32 Å². The molecular weight excluding hydrogens is 230 g/mol. The van der Waals surface area contributed by atoms with Crippen LogP contribution in [0.15, 0.2) is 35.5 Å². The molecule has 1 rings (SSSR count). The molecule has 0 saturated heterocycles. The van der Waals surface area contributed by atoms with Crippen molar-refractivity contribution in [3.63, 3.8) is 0 Å². The van der Waals surface area contributed by atoms with Crippen molar-refractivity contribution in [3.05, 3.63) is 35.9 Å². The van der Waals surface area contributed by atoms with E-state index in [4.69, 9.17) is 4.53 Å². The lowest BCUT2D eigenvalue weighted by atomic mass is 10.1. The average molecular weight is 249 g/mol. The maximum atomic E-state index is 11.9. The van der Waals surface area contributed by atoms with E-state index in [-0.39, 0.29) is 5.78 Å². The van der Waals surface area contributed by atoms with Gasteiger partial charge in [0, 0.05) is 5.56 Å². The number of rotatable bonds is 5. The zero-order valence-corrected chi connectivity index (χ0v) is 11.9. The molecule has 0 aliphatic carbocycles. The zero-order chi connectivity index (χ0) is 12.9. The van der Waals surface area contributed by atoms with Crippen LogP contribution in [-0.4, -0.2) is 19.8 Å². The first-order chi connectivity index (χ1) is 7.88. The molecule has 0 spiro atoms. The summed E-state index contributed by atoms with van der Waals surface area (Å²) in [5, 5.41) is 4.02. The number of hydrogen-bond donors (Lipinski definition) is 0. The molecule has 1 aromatic carbocycles. The molecular formula is C13H19NO2Si. The smallest absolute Gasteiger partial charge is 0.278 e. The maximum absolute atomic E-state index is 11.9. The molecule has 0 saturated carbocycles. The van der Waals surface area contributed by atoms with Crippen molar-refractivity contribution in [2.45, 2.75) is 33.0 Å². The summed E-state index contributed by atoms with van der Waals surface area (Å²) in [5.41, 5.74) is 1.44. The normalized spacial score (nSPS) is 12.4. The van der Waals surface area contributed by atoms with Crippen LogP contribution >= 0.6 is 0 Å². The molecule has 1 aromatic rings. The monoisotopic (exact) mass is 249 g/mol. The van der Waals surface area contributed by atoms with E-state index in [1.807, 2.05) is 37.3 Å². The van der Waals surface area contributed by atoms with E-state index in [2.05, 4.69) is 24.8 Å². The predicted molar refractivity (Wildman–Crippen MR) is 72.9 cm³/mol. The summed E-state index contributed by atoms with van der Waals surface area (Å²) in [6.45, 7) is 8.00. The summed E-state index contributed by atoms with van der Waals surface area (Å²) in [6, 6.07) is 9.24. The summed E-state index contributed by atoms with van der Waals surface area (Å²) in [7, 11) is -1.65. The van der Waals surface area contributed by atoms with Gasteiger partial charge in [-0.25, -0.2) is 0 Å². The zero-order valence-electron chi connectivity index (χ0n) is 10.9. The van der Waals surface area contributed by atoms with Crippen LogP contribution in [0.5, 0.6) is 0 Å². The van der Waals surface area contributed by atoms with Crippen molar-refractivity contribution in [2.75, 3.05) is 0 Å². The van der Waals surface area contributed by atoms with Gasteiger partial charge < -0.3 is 4.53 Å². The molecule has 0 fully saturated rings. The minimum atomic E-state index is -1.65. The van der Waals surface area contributed by atoms with E-state index < -0.39 is 8.32 Å². The van der Waals surface area contributed by atoms with E-state index in [0.717, 1.165) is 11.3 Å². The van der Waals surface area contributed by atoms with Gasteiger partial charge in [-0.2, -0.15) is 0 Å². The Morgan fingerprint density at radius 1 is 1.24 bits per heavy atom. The van der Waals surface area contributed by atoms with Crippen LogP contribution in [0.1, 0.15) is 23.7 Å². The van der Waals surface area contributed by atoms with Gasteiger partial charge in [0.2, 0.25) is 0 Å². The van der Waals surface area contributed by atoms with E-state index in [0.29, 0.717) is 6.42 Å². The Bertz CT molecular complexity index is 407. The first kappa shape index (κ1) is 13.6. The van der Waals surface area contributed by atoms with Crippen molar-refractivity contribution in [2.24, 2.45) is 5.16 Å². The molecule has 0 amide bonds. The molecule has 0 radical (unpaired) electrons. The molecule has 0 atom stereocenters. The molecule has 0 N–H and O–H groups in total. The first-order valence-electron chi connectivity index (χ1n) is 5.68. The Kier molecular flexibility index (Phi) is 4.63. The molecule has 0 aliphatic heterocycles. The molecule has 0 unspecified atom stereocenters. The third kappa shape index (κ3) is 5.45. The largest absolute Gasteiger partial charge is 0.456 e. The summed E-state index contributed by atoms with van der Waals surface area (Å²) < 4.78 is 5.40. The number of benzene rings is 1. The molecule has 3 nitrogen and oxygen atoms in total. The molecule has 0 heterocycles. The van der Waals surface area contributed by atoms with Gasteiger partial charge in [0.1, 0.15) is 0 Å². The Morgan fingerprint density at radius 3 is 2.35 bits per heavy atom. The summed E-state index contributed by atoms with van der Waals surface area (Å²) >= 11 is 0. The fourth-order valence-corrected chi connectivity index (χ4v) is 1.64. The highest BCUT2D eigenvalue weighted by molar-refractivity contribution is 6.69. The predicted octanol–water partition coefficient (Wildman–Crippen LogP) is 3.49. The standard InChI is InChI=1S/C13H19NO2Si/c1-11(14-16-17(2,3)4)10-13(15)12-8-6-5-7-9-12/h5-9H,10H2,1-4H3/b14-11+. The maximum Gasteiger partial charge on any atom is 0.278 e. The lowest BCUT2D eigenvalue weighted by molar-refractivity contribution is 0.0999.